The molecular weight excluding hydrogens is 365 g/mol. The molecule has 0 spiro atoms. The van der Waals surface area contributed by atoms with Gasteiger partial charge < -0.3 is 5.32 Å². The van der Waals surface area contributed by atoms with Crippen LogP contribution in [0.1, 0.15) is 24.1 Å². The lowest BCUT2D eigenvalue weighted by atomic mass is 9.88. The summed E-state index contributed by atoms with van der Waals surface area (Å²) < 4.78 is 37.4. The third kappa shape index (κ3) is 4.19. The van der Waals surface area contributed by atoms with Crippen molar-refractivity contribution in [2.45, 2.75) is 31.2 Å². The monoisotopic (exact) mass is 384 g/mol. The van der Waals surface area contributed by atoms with E-state index >= 15 is 0 Å². The SMILES string of the molecule is C[C@H]1[C@H](NC(=O)C(F)(F)F)CN1C(c1ccccc1)c1ccccc1.Cl. The molecule has 0 aromatic heterocycles. The van der Waals surface area contributed by atoms with Gasteiger partial charge in [-0.3, -0.25) is 9.69 Å². The van der Waals surface area contributed by atoms with E-state index in [9.17, 15) is 18.0 Å². The highest BCUT2D eigenvalue weighted by Gasteiger charge is 2.46. The first-order valence-corrected chi connectivity index (χ1v) is 8.11. The van der Waals surface area contributed by atoms with Crippen molar-refractivity contribution in [1.82, 2.24) is 10.2 Å². The Morgan fingerprint density at radius 1 is 1.04 bits per heavy atom. The van der Waals surface area contributed by atoms with Crippen molar-refractivity contribution in [1.29, 1.82) is 0 Å². The molecular formula is C19H20ClF3N2O. The van der Waals surface area contributed by atoms with Gasteiger partial charge in [-0.25, -0.2) is 0 Å². The van der Waals surface area contributed by atoms with Gasteiger partial charge in [0, 0.05) is 12.6 Å². The number of alkyl halides is 3. The van der Waals surface area contributed by atoms with Crippen molar-refractivity contribution in [3.05, 3.63) is 71.8 Å². The number of nitrogens with one attached hydrogen (secondary N) is 1. The van der Waals surface area contributed by atoms with E-state index in [1.165, 1.54) is 0 Å². The lowest BCUT2D eigenvalue weighted by Crippen LogP contribution is -2.67. The molecule has 1 aliphatic heterocycles. The van der Waals surface area contributed by atoms with E-state index in [1.54, 1.807) is 0 Å². The number of nitrogens with zero attached hydrogens (tertiary/aromatic N) is 1. The second kappa shape index (κ2) is 8.10. The third-order valence-corrected chi connectivity index (χ3v) is 4.65. The number of rotatable bonds is 4. The van der Waals surface area contributed by atoms with Gasteiger partial charge >= 0.3 is 12.1 Å². The molecule has 3 nitrogen and oxygen atoms in total. The van der Waals surface area contributed by atoms with Crippen molar-refractivity contribution in [3.8, 4) is 0 Å². The molecule has 26 heavy (non-hydrogen) atoms. The average molecular weight is 385 g/mol. The molecule has 2 aromatic carbocycles. The topological polar surface area (TPSA) is 32.3 Å². The Hall–Kier alpha value is -2.05. The molecule has 140 valence electrons. The third-order valence-electron chi connectivity index (χ3n) is 4.65. The zero-order chi connectivity index (χ0) is 18.0. The van der Waals surface area contributed by atoms with Crippen LogP contribution in [0.25, 0.3) is 0 Å². The van der Waals surface area contributed by atoms with Gasteiger partial charge in [-0.05, 0) is 18.1 Å². The Labute approximate surface area is 156 Å². The molecule has 2 atom stereocenters. The summed E-state index contributed by atoms with van der Waals surface area (Å²) in [6.07, 6.45) is -4.85. The Kier molecular flexibility index (Phi) is 6.31. The molecule has 1 aliphatic rings. The summed E-state index contributed by atoms with van der Waals surface area (Å²) in [5, 5.41) is 2.09. The van der Waals surface area contributed by atoms with Crippen molar-refractivity contribution in [3.63, 3.8) is 0 Å². The largest absolute Gasteiger partial charge is 0.471 e. The summed E-state index contributed by atoms with van der Waals surface area (Å²) in [5.41, 5.74) is 2.14. The maximum Gasteiger partial charge on any atom is 0.471 e. The Bertz CT molecular complexity index is 685. The molecule has 1 saturated heterocycles. The Morgan fingerprint density at radius 3 is 1.88 bits per heavy atom. The average Bonchev–Trinajstić information content (AvgIpc) is 2.61. The second-order valence-corrected chi connectivity index (χ2v) is 6.24. The summed E-state index contributed by atoms with van der Waals surface area (Å²) in [6, 6.07) is 18.9. The van der Waals surface area contributed by atoms with Crippen LogP contribution in [0.4, 0.5) is 13.2 Å². The second-order valence-electron chi connectivity index (χ2n) is 6.24. The minimum absolute atomic E-state index is 0. The quantitative estimate of drug-likeness (QED) is 0.865. The highest BCUT2D eigenvalue weighted by atomic mass is 35.5. The van der Waals surface area contributed by atoms with Crippen molar-refractivity contribution >= 4 is 18.3 Å². The molecule has 0 saturated carbocycles. The van der Waals surface area contributed by atoms with Gasteiger partial charge in [0.1, 0.15) is 0 Å². The first kappa shape index (κ1) is 20.3. The number of hydrogen-bond donors (Lipinski definition) is 1. The first-order valence-electron chi connectivity index (χ1n) is 8.11. The minimum atomic E-state index is -4.85. The fourth-order valence-corrected chi connectivity index (χ4v) is 3.24. The summed E-state index contributed by atoms with van der Waals surface area (Å²) in [7, 11) is 0. The lowest BCUT2D eigenvalue weighted by Gasteiger charge is -2.50. The van der Waals surface area contributed by atoms with Crippen molar-refractivity contribution < 1.29 is 18.0 Å². The van der Waals surface area contributed by atoms with Gasteiger partial charge in [-0.2, -0.15) is 13.2 Å². The van der Waals surface area contributed by atoms with Crippen molar-refractivity contribution in [2.75, 3.05) is 6.54 Å². The van der Waals surface area contributed by atoms with Crippen LogP contribution in [-0.4, -0.2) is 35.6 Å². The molecule has 1 heterocycles. The zero-order valence-electron chi connectivity index (χ0n) is 14.1. The van der Waals surface area contributed by atoms with Gasteiger partial charge in [-0.1, -0.05) is 60.7 Å². The number of benzene rings is 2. The van der Waals surface area contributed by atoms with Gasteiger partial charge in [0.25, 0.3) is 0 Å². The molecule has 0 unspecified atom stereocenters. The predicted octanol–water partition coefficient (Wildman–Crippen LogP) is 3.95. The molecule has 1 amide bonds. The van der Waals surface area contributed by atoms with Crippen LogP contribution in [0.15, 0.2) is 60.7 Å². The molecule has 1 N–H and O–H groups in total. The number of carbonyl (C=O) groups is 1. The summed E-state index contributed by atoms with van der Waals surface area (Å²) in [4.78, 5) is 13.3. The standard InChI is InChI=1S/C19H19F3N2O.ClH/c1-13-16(23-18(25)19(20,21)22)12-24(13)17(14-8-4-2-5-9-14)15-10-6-3-7-11-15;/h2-11,13,16-17H,12H2,1H3,(H,23,25);1H/t13-,16+;/m0./s1. The zero-order valence-corrected chi connectivity index (χ0v) is 14.9. The summed E-state index contributed by atoms with van der Waals surface area (Å²) >= 11 is 0. The van der Waals surface area contributed by atoms with Gasteiger partial charge in [0.15, 0.2) is 0 Å². The number of hydrogen-bond acceptors (Lipinski definition) is 2. The van der Waals surface area contributed by atoms with E-state index < -0.39 is 18.1 Å². The number of carbonyl (C=O) groups excluding carboxylic acids is 1. The van der Waals surface area contributed by atoms with E-state index in [2.05, 4.69) is 10.2 Å². The highest BCUT2D eigenvalue weighted by Crippen LogP contribution is 2.36. The van der Waals surface area contributed by atoms with Crippen molar-refractivity contribution in [2.24, 2.45) is 0 Å². The van der Waals surface area contributed by atoms with Crippen LogP contribution >= 0.6 is 12.4 Å². The van der Waals surface area contributed by atoms with E-state index in [0.29, 0.717) is 6.54 Å². The maximum atomic E-state index is 12.5. The fraction of sp³-hybridized carbons (Fsp3) is 0.316. The van der Waals surface area contributed by atoms with Crippen LogP contribution in [0.3, 0.4) is 0 Å². The molecule has 0 bridgehead atoms. The fourth-order valence-electron chi connectivity index (χ4n) is 3.24. The first-order chi connectivity index (χ1) is 11.9. The molecule has 0 radical (unpaired) electrons. The van der Waals surface area contributed by atoms with E-state index in [0.717, 1.165) is 11.1 Å². The number of likely N-dealkylation sites (tertiary alicyclic amines) is 1. The predicted molar refractivity (Wildman–Crippen MR) is 96.1 cm³/mol. The lowest BCUT2D eigenvalue weighted by molar-refractivity contribution is -0.176. The molecule has 2 aromatic rings. The van der Waals surface area contributed by atoms with Gasteiger partial charge in [0.05, 0.1) is 12.1 Å². The van der Waals surface area contributed by atoms with Crippen LogP contribution in [0, 0.1) is 0 Å². The smallest absolute Gasteiger partial charge is 0.343 e. The molecule has 1 fully saturated rings. The van der Waals surface area contributed by atoms with Crippen LogP contribution in [0.2, 0.25) is 0 Å². The van der Waals surface area contributed by atoms with Crippen LogP contribution < -0.4 is 5.32 Å². The van der Waals surface area contributed by atoms with Gasteiger partial charge in [0.2, 0.25) is 0 Å². The van der Waals surface area contributed by atoms with E-state index in [1.807, 2.05) is 67.6 Å². The molecule has 3 rings (SSSR count). The van der Waals surface area contributed by atoms with E-state index in [-0.39, 0.29) is 24.5 Å². The number of amides is 1. The normalized spacial score (nSPS) is 20.2. The van der Waals surface area contributed by atoms with Gasteiger partial charge in [-0.15, -0.1) is 12.4 Å². The minimum Gasteiger partial charge on any atom is -0.343 e. The summed E-state index contributed by atoms with van der Waals surface area (Å²) in [5.74, 6) is -1.88. The van der Waals surface area contributed by atoms with E-state index in [4.69, 9.17) is 0 Å². The highest BCUT2D eigenvalue weighted by molar-refractivity contribution is 5.85. The van der Waals surface area contributed by atoms with Crippen LogP contribution in [-0.2, 0) is 4.79 Å². The Balaban J connectivity index is 0.00000243. The molecule has 7 heteroatoms. The molecule has 0 aliphatic carbocycles. The van der Waals surface area contributed by atoms with Crippen LogP contribution in [0.5, 0.6) is 0 Å². The Morgan fingerprint density at radius 2 is 1.50 bits per heavy atom. The maximum absolute atomic E-state index is 12.5. The number of halogens is 4. The summed E-state index contributed by atoms with van der Waals surface area (Å²) in [6.45, 7) is 2.21.